The molecule has 4 aromatic carbocycles. The fourth-order valence-corrected chi connectivity index (χ4v) is 5.19. The first kappa shape index (κ1) is 29.0. The van der Waals surface area contributed by atoms with E-state index in [2.05, 4.69) is 29.6 Å². The van der Waals surface area contributed by atoms with E-state index in [1.807, 2.05) is 96.8 Å². The van der Waals surface area contributed by atoms with E-state index in [1.54, 1.807) is 11.8 Å². The third kappa shape index (κ3) is 9.31. The molecule has 4 rings (SSSR count). The Morgan fingerprint density at radius 2 is 1.30 bits per heavy atom. The van der Waals surface area contributed by atoms with E-state index >= 15 is 0 Å². The first-order valence-electron chi connectivity index (χ1n) is 13.8. The van der Waals surface area contributed by atoms with Crippen LogP contribution in [-0.2, 0) is 28.8 Å². The van der Waals surface area contributed by atoms with Gasteiger partial charge in [-0.15, -0.1) is 0 Å². The maximum absolute atomic E-state index is 13.3. The first-order chi connectivity index (χ1) is 19.6. The molecule has 0 aliphatic carbocycles. The summed E-state index contributed by atoms with van der Waals surface area (Å²) < 4.78 is 5.03. The van der Waals surface area contributed by atoms with Gasteiger partial charge < -0.3 is 10.1 Å². The fraction of sp³-hybridized carbons (Fsp3) is 0.235. The summed E-state index contributed by atoms with van der Waals surface area (Å²) in [6.45, 7) is 3.41. The number of hydrogen-bond donors (Lipinski definition) is 1. The van der Waals surface area contributed by atoms with Crippen LogP contribution in [0, 0.1) is 0 Å². The lowest BCUT2D eigenvalue weighted by atomic mass is 10.1. The molecule has 0 aliphatic rings. The molecule has 0 aliphatic heterocycles. The van der Waals surface area contributed by atoms with Crippen molar-refractivity contribution in [3.8, 4) is 0 Å². The van der Waals surface area contributed by atoms with Gasteiger partial charge in [-0.1, -0.05) is 84.6 Å². The Labute approximate surface area is 241 Å². The summed E-state index contributed by atoms with van der Waals surface area (Å²) in [7, 11) is 0. The normalized spacial score (nSPS) is 10.6. The van der Waals surface area contributed by atoms with Crippen molar-refractivity contribution >= 4 is 29.4 Å². The van der Waals surface area contributed by atoms with Crippen LogP contribution in [0.3, 0.4) is 0 Å². The molecule has 0 spiro atoms. The zero-order valence-electron chi connectivity index (χ0n) is 22.9. The maximum Gasteiger partial charge on any atom is 0.321 e. The molecular weight excluding hydrogens is 516 g/mol. The number of nitrogens with zero attached hydrogens (tertiary/aromatic N) is 1. The monoisotopic (exact) mass is 552 g/mol. The summed E-state index contributed by atoms with van der Waals surface area (Å²) in [6, 6.07) is 36.6. The molecule has 0 saturated heterocycles. The van der Waals surface area contributed by atoms with Crippen molar-refractivity contribution in [2.45, 2.75) is 42.4 Å². The summed E-state index contributed by atoms with van der Waals surface area (Å²) in [5.74, 6) is -0.212. The van der Waals surface area contributed by atoms with Crippen molar-refractivity contribution in [3.63, 3.8) is 0 Å². The van der Waals surface area contributed by atoms with E-state index in [-0.39, 0.29) is 18.4 Å². The van der Waals surface area contributed by atoms with Gasteiger partial charge in [0.15, 0.2) is 0 Å². The van der Waals surface area contributed by atoms with Crippen molar-refractivity contribution in [1.29, 1.82) is 0 Å². The number of anilines is 1. The average Bonchev–Trinajstić information content (AvgIpc) is 2.98. The third-order valence-electron chi connectivity index (χ3n) is 6.43. The zero-order chi connectivity index (χ0) is 28.0. The number of hydrogen-bond acceptors (Lipinski definition) is 4. The summed E-state index contributed by atoms with van der Waals surface area (Å²) in [4.78, 5) is 29.0. The van der Waals surface area contributed by atoms with Gasteiger partial charge in [0, 0.05) is 28.6 Å². The Morgan fingerprint density at radius 1 is 0.725 bits per heavy atom. The number of esters is 1. The summed E-state index contributed by atoms with van der Waals surface area (Å²) in [5.41, 5.74) is 4.28. The second kappa shape index (κ2) is 15.5. The van der Waals surface area contributed by atoms with Gasteiger partial charge in [-0.05, 0) is 79.3 Å². The SMILES string of the molecule is CCOC(=O)Cc1ccc(Sc2ccc(N(CCCc3ccccc3)C(=O)NCCc3ccccc3)cc2)cc1. The topological polar surface area (TPSA) is 58.6 Å². The molecule has 2 amide bonds. The van der Waals surface area contributed by atoms with Crippen LogP contribution in [-0.4, -0.2) is 31.7 Å². The molecule has 0 unspecified atom stereocenters. The lowest BCUT2D eigenvalue weighted by Crippen LogP contribution is -2.41. The predicted octanol–water partition coefficient (Wildman–Crippen LogP) is 7.33. The highest BCUT2D eigenvalue weighted by Gasteiger charge is 2.15. The van der Waals surface area contributed by atoms with E-state index in [0.717, 1.165) is 40.3 Å². The highest BCUT2D eigenvalue weighted by molar-refractivity contribution is 7.99. The predicted molar refractivity (Wildman–Crippen MR) is 163 cm³/mol. The van der Waals surface area contributed by atoms with Gasteiger partial charge in [-0.25, -0.2) is 4.79 Å². The zero-order valence-corrected chi connectivity index (χ0v) is 23.7. The van der Waals surface area contributed by atoms with Crippen LogP contribution >= 0.6 is 11.8 Å². The second-order valence-corrected chi connectivity index (χ2v) is 10.6. The Bertz CT molecular complexity index is 1330. The van der Waals surface area contributed by atoms with Crippen molar-refractivity contribution < 1.29 is 14.3 Å². The Hall–Kier alpha value is -4.03. The highest BCUT2D eigenvalue weighted by atomic mass is 32.2. The number of benzene rings is 4. The first-order valence-corrected chi connectivity index (χ1v) is 14.6. The van der Waals surface area contributed by atoms with Gasteiger partial charge in [0.25, 0.3) is 0 Å². The fourth-order valence-electron chi connectivity index (χ4n) is 4.37. The second-order valence-electron chi connectivity index (χ2n) is 9.43. The quantitative estimate of drug-likeness (QED) is 0.176. The molecule has 0 saturated carbocycles. The highest BCUT2D eigenvalue weighted by Crippen LogP contribution is 2.30. The Morgan fingerprint density at radius 3 is 1.90 bits per heavy atom. The Balaban J connectivity index is 1.38. The van der Waals surface area contributed by atoms with Crippen LogP contribution in [0.5, 0.6) is 0 Å². The molecule has 0 atom stereocenters. The number of aryl methyl sites for hydroxylation is 1. The molecule has 0 radical (unpaired) electrons. The van der Waals surface area contributed by atoms with Crippen LogP contribution in [0.2, 0.25) is 0 Å². The minimum atomic E-state index is -0.212. The smallest absolute Gasteiger partial charge is 0.321 e. The van der Waals surface area contributed by atoms with Crippen molar-refractivity contribution in [2.24, 2.45) is 0 Å². The van der Waals surface area contributed by atoms with E-state index in [1.165, 1.54) is 11.1 Å². The molecule has 206 valence electrons. The molecule has 0 bridgehead atoms. The van der Waals surface area contributed by atoms with Crippen LogP contribution in [0.4, 0.5) is 10.5 Å². The molecule has 1 N–H and O–H groups in total. The van der Waals surface area contributed by atoms with Crippen molar-refractivity contribution in [3.05, 3.63) is 126 Å². The van der Waals surface area contributed by atoms with E-state index in [9.17, 15) is 9.59 Å². The number of rotatable bonds is 13. The van der Waals surface area contributed by atoms with E-state index in [4.69, 9.17) is 4.74 Å². The van der Waals surface area contributed by atoms with Crippen LogP contribution in [0.15, 0.2) is 119 Å². The Kier molecular flexibility index (Phi) is 11.2. The van der Waals surface area contributed by atoms with Gasteiger partial charge in [0.05, 0.1) is 13.0 Å². The summed E-state index contributed by atoms with van der Waals surface area (Å²) in [5, 5.41) is 3.11. The van der Waals surface area contributed by atoms with Gasteiger partial charge in [-0.3, -0.25) is 9.69 Å². The molecule has 6 heteroatoms. The van der Waals surface area contributed by atoms with Gasteiger partial charge in [-0.2, -0.15) is 0 Å². The molecule has 0 aromatic heterocycles. The van der Waals surface area contributed by atoms with E-state index < -0.39 is 0 Å². The van der Waals surface area contributed by atoms with Crippen LogP contribution in [0.1, 0.15) is 30.0 Å². The van der Waals surface area contributed by atoms with Crippen LogP contribution in [0.25, 0.3) is 0 Å². The van der Waals surface area contributed by atoms with Gasteiger partial charge in [0.2, 0.25) is 0 Å². The molecule has 5 nitrogen and oxygen atoms in total. The van der Waals surface area contributed by atoms with Crippen molar-refractivity contribution in [1.82, 2.24) is 5.32 Å². The third-order valence-corrected chi connectivity index (χ3v) is 7.44. The minimum absolute atomic E-state index is 0.0819. The van der Waals surface area contributed by atoms with Crippen molar-refractivity contribution in [2.75, 3.05) is 24.6 Å². The molecule has 4 aromatic rings. The maximum atomic E-state index is 13.3. The summed E-state index contributed by atoms with van der Waals surface area (Å²) >= 11 is 1.65. The van der Waals surface area contributed by atoms with Gasteiger partial charge >= 0.3 is 12.0 Å². The number of carbonyl (C=O) groups is 2. The molecule has 0 heterocycles. The van der Waals surface area contributed by atoms with Crippen LogP contribution < -0.4 is 10.2 Å². The lowest BCUT2D eigenvalue weighted by molar-refractivity contribution is -0.142. The molecule has 40 heavy (non-hydrogen) atoms. The number of nitrogens with one attached hydrogen (secondary N) is 1. The largest absolute Gasteiger partial charge is 0.466 e. The molecule has 0 fully saturated rings. The average molecular weight is 553 g/mol. The number of urea groups is 1. The number of carbonyl (C=O) groups excluding carboxylic acids is 2. The van der Waals surface area contributed by atoms with E-state index in [0.29, 0.717) is 19.7 Å². The molecular formula is C34H36N2O3S. The number of amides is 2. The lowest BCUT2D eigenvalue weighted by Gasteiger charge is -2.24. The summed E-state index contributed by atoms with van der Waals surface area (Å²) in [6.07, 6.45) is 2.85. The standard InChI is InChI=1S/C34H36N2O3S/c1-2-39-33(37)26-29-15-19-31(20-16-29)40-32-21-17-30(18-22-32)36(25-9-14-27-10-5-3-6-11-27)34(38)35-24-23-28-12-7-4-8-13-28/h3-8,10-13,15-22H,2,9,14,23-26H2,1H3,(H,35,38). The van der Waals surface area contributed by atoms with Gasteiger partial charge in [0.1, 0.15) is 0 Å². The number of ether oxygens (including phenoxy) is 1. The minimum Gasteiger partial charge on any atom is -0.466 e.